The second-order valence-corrected chi connectivity index (χ2v) is 11.0. The van der Waals surface area contributed by atoms with E-state index in [1.807, 2.05) is 13.8 Å². The molecule has 2 aromatic rings. The number of carbonyl (C=O) groups excluding carboxylic acids is 2. The maximum atomic E-state index is 14.4. The van der Waals surface area contributed by atoms with Crippen molar-refractivity contribution in [2.45, 2.75) is 58.7 Å². The number of carbonyl (C=O) groups is 2. The van der Waals surface area contributed by atoms with Gasteiger partial charge in [0.2, 0.25) is 28.6 Å². The minimum atomic E-state index is -3.66. The fourth-order valence-corrected chi connectivity index (χ4v) is 4.86. The van der Waals surface area contributed by atoms with E-state index in [1.165, 1.54) is 15.3 Å². The summed E-state index contributed by atoms with van der Waals surface area (Å²) in [6.07, 6.45) is 1.96. The van der Waals surface area contributed by atoms with Crippen LogP contribution in [-0.4, -0.2) is 56.8 Å². The van der Waals surface area contributed by atoms with Gasteiger partial charge >= 0.3 is 0 Å². The summed E-state index contributed by atoms with van der Waals surface area (Å²) in [6, 6.07) is 10.00. The molecule has 1 aliphatic heterocycles. The van der Waals surface area contributed by atoms with E-state index >= 15 is 0 Å². The summed E-state index contributed by atoms with van der Waals surface area (Å²) in [5.41, 5.74) is 0.681. The zero-order valence-corrected chi connectivity index (χ0v) is 22.4. The molecule has 0 radical (unpaired) electrons. The minimum absolute atomic E-state index is 0.0329. The number of halogens is 1. The van der Waals surface area contributed by atoms with Crippen LogP contribution in [0.1, 0.15) is 45.6 Å². The number of nitrogens with one attached hydrogen (secondary N) is 1. The molecule has 0 aliphatic carbocycles. The third-order valence-electron chi connectivity index (χ3n) is 6.26. The third-order valence-corrected chi connectivity index (χ3v) is 7.46. The highest BCUT2D eigenvalue weighted by atomic mass is 32.2. The Kier molecular flexibility index (Phi) is 9.36. The standard InChI is InChI=1S/C26H34FN3O6S/c1-5-18(2)28-26(32)19(3)29(16-20-9-6-7-10-22(20)27)25(31)11-8-14-30(37(4,33)34)21-12-13-23-24(15-21)36-17-35-23/h6-7,9-10,12-13,15,18-19H,5,8,11,14,16-17H2,1-4H3,(H,28,32)/t18-,19+/m1/s1. The van der Waals surface area contributed by atoms with Gasteiger partial charge in [-0.25, -0.2) is 12.8 Å². The lowest BCUT2D eigenvalue weighted by atomic mass is 10.1. The second kappa shape index (κ2) is 12.3. The Hall–Kier alpha value is -3.34. The van der Waals surface area contributed by atoms with E-state index in [9.17, 15) is 22.4 Å². The molecule has 0 saturated heterocycles. The Morgan fingerprint density at radius 2 is 1.81 bits per heavy atom. The first-order valence-electron chi connectivity index (χ1n) is 12.2. The van der Waals surface area contributed by atoms with E-state index in [2.05, 4.69) is 5.32 Å². The lowest BCUT2D eigenvalue weighted by Crippen LogP contribution is -2.49. The lowest BCUT2D eigenvalue weighted by Gasteiger charge is -2.30. The molecule has 9 nitrogen and oxygen atoms in total. The number of rotatable bonds is 12. The number of sulfonamides is 1. The van der Waals surface area contributed by atoms with Crippen LogP contribution in [0.4, 0.5) is 10.1 Å². The number of fused-ring (bicyclic) bond motifs is 1. The van der Waals surface area contributed by atoms with Crippen molar-refractivity contribution < 1.29 is 31.9 Å². The van der Waals surface area contributed by atoms with Crippen LogP contribution in [0.15, 0.2) is 42.5 Å². The van der Waals surface area contributed by atoms with E-state index < -0.39 is 21.9 Å². The second-order valence-electron chi connectivity index (χ2n) is 9.08. The molecule has 0 unspecified atom stereocenters. The minimum Gasteiger partial charge on any atom is -0.454 e. The first-order valence-corrected chi connectivity index (χ1v) is 14.1. The van der Waals surface area contributed by atoms with Crippen molar-refractivity contribution >= 4 is 27.5 Å². The fraction of sp³-hybridized carbons (Fsp3) is 0.462. The number of benzene rings is 2. The van der Waals surface area contributed by atoms with E-state index in [1.54, 1.807) is 43.3 Å². The molecular formula is C26H34FN3O6S. The van der Waals surface area contributed by atoms with Crippen LogP contribution < -0.4 is 19.1 Å². The number of nitrogens with zero attached hydrogens (tertiary/aromatic N) is 2. The predicted octanol–water partition coefficient (Wildman–Crippen LogP) is 3.43. The molecule has 2 aromatic carbocycles. The zero-order chi connectivity index (χ0) is 27.2. The largest absolute Gasteiger partial charge is 0.454 e. The molecule has 11 heteroatoms. The van der Waals surface area contributed by atoms with E-state index in [0.717, 1.165) is 12.7 Å². The first kappa shape index (κ1) is 28.2. The summed E-state index contributed by atoms with van der Waals surface area (Å²) < 4.78 is 51.2. The molecule has 0 saturated carbocycles. The number of anilines is 1. The molecule has 2 atom stereocenters. The summed E-state index contributed by atoms with van der Waals surface area (Å²) in [6.45, 7) is 5.41. The van der Waals surface area contributed by atoms with Crippen molar-refractivity contribution in [1.82, 2.24) is 10.2 Å². The van der Waals surface area contributed by atoms with Gasteiger partial charge in [0.05, 0.1) is 11.9 Å². The van der Waals surface area contributed by atoms with E-state index in [4.69, 9.17) is 9.47 Å². The van der Waals surface area contributed by atoms with E-state index in [-0.39, 0.29) is 56.1 Å². The van der Waals surface area contributed by atoms with Gasteiger partial charge in [-0.3, -0.25) is 13.9 Å². The number of ether oxygens (including phenoxy) is 2. The van der Waals surface area contributed by atoms with Gasteiger partial charge in [-0.2, -0.15) is 0 Å². The van der Waals surface area contributed by atoms with Crippen molar-refractivity contribution in [1.29, 1.82) is 0 Å². The average molecular weight is 536 g/mol. The average Bonchev–Trinajstić information content (AvgIpc) is 3.32. The Labute approximate surface area is 217 Å². The van der Waals surface area contributed by atoms with Crippen molar-refractivity contribution in [2.75, 3.05) is 23.9 Å². The van der Waals surface area contributed by atoms with Crippen LogP contribution in [0.2, 0.25) is 0 Å². The maximum absolute atomic E-state index is 14.4. The normalized spacial score (nSPS) is 14.1. The SMILES string of the molecule is CC[C@@H](C)NC(=O)[C@H](C)N(Cc1ccccc1F)C(=O)CCCN(c1ccc2c(c1)OCO2)S(C)(=O)=O. The summed E-state index contributed by atoms with van der Waals surface area (Å²) in [5, 5.41) is 2.87. The highest BCUT2D eigenvalue weighted by molar-refractivity contribution is 7.92. The summed E-state index contributed by atoms with van der Waals surface area (Å²) in [4.78, 5) is 27.5. The van der Waals surface area contributed by atoms with Gasteiger partial charge in [-0.15, -0.1) is 0 Å². The zero-order valence-electron chi connectivity index (χ0n) is 21.6. The number of hydrogen-bond donors (Lipinski definition) is 1. The molecule has 202 valence electrons. The molecule has 0 bridgehead atoms. The van der Waals surface area contributed by atoms with Crippen LogP contribution in [0.3, 0.4) is 0 Å². The van der Waals surface area contributed by atoms with Gasteiger partial charge in [0.25, 0.3) is 0 Å². The monoisotopic (exact) mass is 535 g/mol. The number of hydrogen-bond acceptors (Lipinski definition) is 6. The highest BCUT2D eigenvalue weighted by Crippen LogP contribution is 2.36. The van der Waals surface area contributed by atoms with Gasteiger partial charge in [0, 0.05) is 37.2 Å². The molecule has 1 aliphatic rings. The van der Waals surface area contributed by atoms with Gasteiger partial charge < -0.3 is 19.7 Å². The Balaban J connectivity index is 1.74. The number of amides is 2. The lowest BCUT2D eigenvalue weighted by molar-refractivity contribution is -0.141. The molecule has 3 rings (SSSR count). The quantitative estimate of drug-likeness (QED) is 0.447. The Morgan fingerprint density at radius 3 is 2.49 bits per heavy atom. The molecule has 1 N–H and O–H groups in total. The van der Waals surface area contributed by atoms with Gasteiger partial charge in [-0.1, -0.05) is 25.1 Å². The molecule has 0 fully saturated rings. The van der Waals surface area contributed by atoms with E-state index in [0.29, 0.717) is 17.2 Å². The van der Waals surface area contributed by atoms with Crippen LogP contribution in [0, 0.1) is 5.82 Å². The van der Waals surface area contributed by atoms with Gasteiger partial charge in [0.15, 0.2) is 11.5 Å². The van der Waals surface area contributed by atoms with Gasteiger partial charge in [0.1, 0.15) is 11.9 Å². The maximum Gasteiger partial charge on any atom is 0.242 e. The Morgan fingerprint density at radius 1 is 1.11 bits per heavy atom. The summed E-state index contributed by atoms with van der Waals surface area (Å²) in [5.74, 6) is -0.215. The van der Waals surface area contributed by atoms with Crippen molar-refractivity contribution in [3.05, 3.63) is 53.8 Å². The topological polar surface area (TPSA) is 105 Å². The molecule has 0 aromatic heterocycles. The van der Waals surface area contributed by atoms with Crippen molar-refractivity contribution in [3.63, 3.8) is 0 Å². The van der Waals surface area contributed by atoms with Crippen LogP contribution in [0.25, 0.3) is 0 Å². The van der Waals surface area contributed by atoms with Crippen LogP contribution >= 0.6 is 0 Å². The summed E-state index contributed by atoms with van der Waals surface area (Å²) >= 11 is 0. The molecule has 1 heterocycles. The predicted molar refractivity (Wildman–Crippen MR) is 138 cm³/mol. The molecular weight excluding hydrogens is 501 g/mol. The Bertz CT molecular complexity index is 1220. The third kappa shape index (κ3) is 7.34. The van der Waals surface area contributed by atoms with Crippen LogP contribution in [-0.2, 0) is 26.2 Å². The van der Waals surface area contributed by atoms with Crippen molar-refractivity contribution in [3.8, 4) is 11.5 Å². The highest BCUT2D eigenvalue weighted by Gasteiger charge is 2.28. The smallest absolute Gasteiger partial charge is 0.242 e. The first-order chi connectivity index (χ1) is 17.5. The van der Waals surface area contributed by atoms with Crippen molar-refractivity contribution in [2.24, 2.45) is 0 Å². The van der Waals surface area contributed by atoms with Crippen LogP contribution in [0.5, 0.6) is 11.5 Å². The fourth-order valence-electron chi connectivity index (χ4n) is 3.90. The molecule has 37 heavy (non-hydrogen) atoms. The van der Waals surface area contributed by atoms with Gasteiger partial charge in [-0.05, 0) is 44.9 Å². The molecule has 2 amide bonds. The molecule has 0 spiro atoms. The summed E-state index contributed by atoms with van der Waals surface area (Å²) in [7, 11) is -3.66.